The molecular formula is C52H40F3N3. The Morgan fingerprint density at radius 2 is 0.948 bits per heavy atom. The van der Waals surface area contributed by atoms with E-state index in [0.29, 0.717) is 11.4 Å². The van der Waals surface area contributed by atoms with Crippen molar-refractivity contribution in [2.45, 2.75) is 39.3 Å². The van der Waals surface area contributed by atoms with E-state index in [0.717, 1.165) is 77.8 Å². The topological polar surface area (TPSA) is 30.7 Å². The van der Waals surface area contributed by atoms with E-state index < -0.39 is 11.7 Å². The second kappa shape index (κ2) is 14.3. The van der Waals surface area contributed by atoms with Crippen molar-refractivity contribution in [2.75, 3.05) is 0 Å². The van der Waals surface area contributed by atoms with Gasteiger partial charge in [-0.25, -0.2) is 9.97 Å². The quantitative estimate of drug-likeness (QED) is 0.169. The highest BCUT2D eigenvalue weighted by atomic mass is 19.4. The number of nitrogens with zero attached hydrogens (tertiary/aromatic N) is 3. The third kappa shape index (κ3) is 6.85. The fraction of sp³-hybridized carbons (Fsp3) is 0.115. The molecule has 7 aromatic carbocycles. The second-order valence-electron chi connectivity index (χ2n) is 15.9. The molecule has 0 saturated carbocycles. The maximum absolute atomic E-state index is 14.0. The number of para-hydroxylation sites is 1. The summed E-state index contributed by atoms with van der Waals surface area (Å²) in [6, 6.07) is 55.1. The Morgan fingerprint density at radius 1 is 0.448 bits per heavy atom. The smallest absolute Gasteiger partial charge is 0.308 e. The highest BCUT2D eigenvalue weighted by Crippen LogP contribution is 2.45. The Hall–Kier alpha value is -6.79. The molecule has 0 fully saturated rings. The third-order valence-electron chi connectivity index (χ3n) is 10.9. The molecule has 9 rings (SSSR count). The molecule has 58 heavy (non-hydrogen) atoms. The fourth-order valence-corrected chi connectivity index (χ4v) is 7.79. The lowest BCUT2D eigenvalue weighted by molar-refractivity contribution is -0.137. The Morgan fingerprint density at radius 3 is 1.50 bits per heavy atom. The fourth-order valence-electron chi connectivity index (χ4n) is 7.79. The molecule has 3 nitrogen and oxygen atoms in total. The van der Waals surface area contributed by atoms with Crippen molar-refractivity contribution >= 4 is 21.8 Å². The molecule has 0 atom stereocenters. The van der Waals surface area contributed by atoms with Crippen LogP contribution in [0.1, 0.15) is 37.5 Å². The second-order valence-corrected chi connectivity index (χ2v) is 15.9. The first kappa shape index (κ1) is 36.8. The van der Waals surface area contributed by atoms with Gasteiger partial charge in [0.2, 0.25) is 0 Å². The van der Waals surface area contributed by atoms with Gasteiger partial charge >= 0.3 is 6.18 Å². The van der Waals surface area contributed by atoms with Gasteiger partial charge in [-0.2, -0.15) is 13.2 Å². The Kier molecular flexibility index (Phi) is 9.08. The highest BCUT2D eigenvalue weighted by molar-refractivity contribution is 6.11. The lowest BCUT2D eigenvalue weighted by atomic mass is 9.86. The average molecular weight is 764 g/mol. The highest BCUT2D eigenvalue weighted by Gasteiger charge is 2.31. The summed E-state index contributed by atoms with van der Waals surface area (Å²) in [5.41, 5.74) is 11.8. The van der Waals surface area contributed by atoms with E-state index in [-0.39, 0.29) is 5.41 Å². The minimum atomic E-state index is -4.48. The standard InChI is InChI=1S/C52H40F3N3/c1-33-19-21-34(22-20-33)42-29-38(50-56-45(36-13-7-5-8-14-36)32-46(57-50)37-15-9-6-10-16-37)30-43(35-23-25-39(26-24-35)52(53,54)55)49(42)58-47-18-12-11-17-41(47)44-31-40(51(2,3)4)27-28-48(44)58/h5-32H,1-4H3. The Balaban J connectivity index is 1.41. The third-order valence-corrected chi connectivity index (χ3v) is 10.9. The average Bonchev–Trinajstić information content (AvgIpc) is 3.57. The lowest BCUT2D eigenvalue weighted by Crippen LogP contribution is -2.10. The van der Waals surface area contributed by atoms with Gasteiger partial charge in [-0.15, -0.1) is 0 Å². The van der Waals surface area contributed by atoms with Crippen LogP contribution in [0.15, 0.2) is 170 Å². The van der Waals surface area contributed by atoms with Crippen molar-refractivity contribution < 1.29 is 13.2 Å². The van der Waals surface area contributed by atoms with Gasteiger partial charge in [-0.3, -0.25) is 0 Å². The van der Waals surface area contributed by atoms with Crippen LogP contribution in [0.4, 0.5) is 13.2 Å². The zero-order valence-electron chi connectivity index (χ0n) is 32.6. The van der Waals surface area contributed by atoms with Gasteiger partial charge in [0.1, 0.15) is 0 Å². The monoisotopic (exact) mass is 763 g/mol. The summed E-state index contributed by atoms with van der Waals surface area (Å²) in [5, 5.41) is 2.19. The van der Waals surface area contributed by atoms with Gasteiger partial charge in [0.25, 0.3) is 0 Å². The molecule has 9 aromatic rings. The van der Waals surface area contributed by atoms with Crippen LogP contribution < -0.4 is 0 Å². The summed E-state index contributed by atoms with van der Waals surface area (Å²) in [7, 11) is 0. The van der Waals surface area contributed by atoms with E-state index in [1.807, 2.05) is 78.9 Å². The van der Waals surface area contributed by atoms with Crippen LogP contribution >= 0.6 is 0 Å². The number of hydrogen-bond donors (Lipinski definition) is 0. The van der Waals surface area contributed by atoms with Gasteiger partial charge in [-0.1, -0.05) is 148 Å². The summed E-state index contributed by atoms with van der Waals surface area (Å²) in [4.78, 5) is 10.4. The molecular weight excluding hydrogens is 724 g/mol. The van der Waals surface area contributed by atoms with Crippen LogP contribution in [0, 0.1) is 6.92 Å². The zero-order valence-corrected chi connectivity index (χ0v) is 32.6. The number of benzene rings is 7. The molecule has 0 spiro atoms. The van der Waals surface area contributed by atoms with E-state index in [1.54, 1.807) is 12.1 Å². The van der Waals surface area contributed by atoms with E-state index in [2.05, 4.69) is 99.0 Å². The molecule has 284 valence electrons. The molecule has 0 bridgehead atoms. The maximum atomic E-state index is 14.0. The first-order valence-corrected chi connectivity index (χ1v) is 19.4. The number of aromatic nitrogens is 3. The molecule has 2 heterocycles. The van der Waals surface area contributed by atoms with E-state index in [1.165, 1.54) is 17.7 Å². The van der Waals surface area contributed by atoms with Crippen molar-refractivity contribution in [2.24, 2.45) is 0 Å². The predicted octanol–water partition coefficient (Wildman–Crippen LogP) is 14.5. The molecule has 0 radical (unpaired) electrons. The minimum Gasteiger partial charge on any atom is -0.308 e. The number of rotatable bonds is 6. The van der Waals surface area contributed by atoms with Gasteiger partial charge in [-0.05, 0) is 77.6 Å². The van der Waals surface area contributed by atoms with Gasteiger partial charge in [0, 0.05) is 38.6 Å². The molecule has 0 N–H and O–H groups in total. The van der Waals surface area contributed by atoms with Gasteiger partial charge in [0.05, 0.1) is 33.7 Å². The Bertz CT molecular complexity index is 2880. The first-order valence-electron chi connectivity index (χ1n) is 19.4. The SMILES string of the molecule is Cc1ccc(-c2cc(-c3nc(-c4ccccc4)cc(-c4ccccc4)n3)cc(-c3ccc(C(F)(F)F)cc3)c2-n2c3ccccc3c3cc(C(C)(C)C)ccc32)cc1. The molecule has 0 unspecified atom stereocenters. The van der Waals surface area contributed by atoms with Crippen molar-refractivity contribution in [3.05, 3.63) is 187 Å². The van der Waals surface area contributed by atoms with E-state index in [9.17, 15) is 13.2 Å². The van der Waals surface area contributed by atoms with Crippen molar-refractivity contribution in [1.29, 1.82) is 0 Å². The van der Waals surface area contributed by atoms with Crippen LogP contribution in [0.25, 0.3) is 83.6 Å². The van der Waals surface area contributed by atoms with Crippen LogP contribution in [0.5, 0.6) is 0 Å². The van der Waals surface area contributed by atoms with Crippen molar-refractivity contribution in [1.82, 2.24) is 14.5 Å². The molecule has 0 aliphatic heterocycles. The van der Waals surface area contributed by atoms with Crippen molar-refractivity contribution in [3.8, 4) is 61.8 Å². The van der Waals surface area contributed by atoms with Crippen molar-refractivity contribution in [3.63, 3.8) is 0 Å². The largest absolute Gasteiger partial charge is 0.416 e. The van der Waals surface area contributed by atoms with Crippen LogP contribution in [0.2, 0.25) is 0 Å². The number of aryl methyl sites for hydroxylation is 1. The summed E-state index contributed by atoms with van der Waals surface area (Å²) < 4.78 is 44.4. The zero-order chi connectivity index (χ0) is 40.2. The lowest BCUT2D eigenvalue weighted by Gasteiger charge is -2.22. The summed E-state index contributed by atoms with van der Waals surface area (Å²) >= 11 is 0. The van der Waals surface area contributed by atoms with E-state index >= 15 is 0 Å². The van der Waals surface area contributed by atoms with Crippen LogP contribution in [0.3, 0.4) is 0 Å². The molecule has 0 aliphatic rings. The molecule has 0 amide bonds. The first-order chi connectivity index (χ1) is 27.9. The number of halogens is 3. The minimum absolute atomic E-state index is 0.0790. The maximum Gasteiger partial charge on any atom is 0.416 e. The summed E-state index contributed by atoms with van der Waals surface area (Å²) in [6.45, 7) is 8.69. The van der Waals surface area contributed by atoms with Crippen LogP contribution in [-0.4, -0.2) is 14.5 Å². The predicted molar refractivity (Wildman–Crippen MR) is 232 cm³/mol. The molecule has 0 aliphatic carbocycles. The molecule has 0 saturated heterocycles. The summed E-state index contributed by atoms with van der Waals surface area (Å²) in [5.74, 6) is 0.505. The number of alkyl halides is 3. The number of hydrogen-bond acceptors (Lipinski definition) is 2. The van der Waals surface area contributed by atoms with Gasteiger partial charge < -0.3 is 4.57 Å². The van der Waals surface area contributed by atoms with E-state index in [4.69, 9.17) is 9.97 Å². The summed E-state index contributed by atoms with van der Waals surface area (Å²) in [6.07, 6.45) is -4.48. The normalized spacial score (nSPS) is 12.1. The Labute approximate surface area is 336 Å². The van der Waals surface area contributed by atoms with Gasteiger partial charge in [0.15, 0.2) is 5.82 Å². The molecule has 6 heteroatoms. The number of fused-ring (bicyclic) bond motifs is 3. The molecule has 2 aromatic heterocycles. The van der Waals surface area contributed by atoms with Crippen LogP contribution in [-0.2, 0) is 11.6 Å².